The lowest BCUT2D eigenvalue weighted by Crippen LogP contribution is -2.33. The lowest BCUT2D eigenvalue weighted by atomic mass is 9.92. The first-order chi connectivity index (χ1) is 17.2. The standard InChI is InChI=1S/C24H28N10O/c25-16-6-8-17(9-7-16)29-24-27-14-18-21(33-34-22(18)32-24)20-10-12-26-23(31-20)30-19(11-13-28-35)15-4-2-1-3-5-15/h1-5,10,12,14,16-17,19H,6-9,11,13,25H2,(H,26,30,31)(H2,27,29,32,33,34). The molecular weight excluding hydrogens is 444 g/mol. The molecule has 0 aliphatic heterocycles. The number of aromatic amines is 1. The molecule has 1 aliphatic rings. The van der Waals surface area contributed by atoms with Crippen LogP contribution in [0, 0.1) is 4.91 Å². The van der Waals surface area contributed by atoms with Crippen LogP contribution in [-0.2, 0) is 0 Å². The summed E-state index contributed by atoms with van der Waals surface area (Å²) < 4.78 is 0. The fraction of sp³-hybridized carbons (Fsp3) is 0.375. The van der Waals surface area contributed by atoms with Gasteiger partial charge in [-0.25, -0.2) is 15.0 Å². The minimum Gasteiger partial charge on any atom is -0.351 e. The molecule has 1 unspecified atom stereocenters. The Morgan fingerprint density at radius 1 is 1.06 bits per heavy atom. The van der Waals surface area contributed by atoms with Crippen molar-refractivity contribution in [3.8, 4) is 11.4 Å². The van der Waals surface area contributed by atoms with E-state index >= 15 is 0 Å². The molecule has 1 saturated carbocycles. The van der Waals surface area contributed by atoms with E-state index in [4.69, 9.17) is 5.73 Å². The number of rotatable bonds is 9. The highest BCUT2D eigenvalue weighted by molar-refractivity contribution is 5.89. The first-order valence-corrected chi connectivity index (χ1v) is 11.9. The zero-order valence-electron chi connectivity index (χ0n) is 19.3. The van der Waals surface area contributed by atoms with Crippen LogP contribution in [0.3, 0.4) is 0 Å². The largest absolute Gasteiger partial charge is 0.351 e. The van der Waals surface area contributed by atoms with E-state index in [-0.39, 0.29) is 12.6 Å². The van der Waals surface area contributed by atoms with E-state index in [0.717, 1.165) is 36.6 Å². The fourth-order valence-corrected chi connectivity index (χ4v) is 4.43. The number of nitroso groups, excluding NO2 is 1. The van der Waals surface area contributed by atoms with Crippen molar-refractivity contribution in [2.75, 3.05) is 17.2 Å². The maximum Gasteiger partial charge on any atom is 0.224 e. The third-order valence-electron chi connectivity index (χ3n) is 6.34. The van der Waals surface area contributed by atoms with E-state index in [1.165, 1.54) is 0 Å². The van der Waals surface area contributed by atoms with Crippen molar-refractivity contribution in [2.24, 2.45) is 10.9 Å². The van der Waals surface area contributed by atoms with Gasteiger partial charge in [-0.15, -0.1) is 0 Å². The molecule has 0 radical (unpaired) electrons. The van der Waals surface area contributed by atoms with Crippen LogP contribution >= 0.6 is 0 Å². The van der Waals surface area contributed by atoms with Gasteiger partial charge in [0.1, 0.15) is 0 Å². The van der Waals surface area contributed by atoms with Crippen molar-refractivity contribution >= 4 is 22.9 Å². The molecule has 1 aromatic carbocycles. The van der Waals surface area contributed by atoms with Crippen molar-refractivity contribution in [3.63, 3.8) is 0 Å². The summed E-state index contributed by atoms with van der Waals surface area (Å²) in [4.78, 5) is 28.9. The highest BCUT2D eigenvalue weighted by atomic mass is 16.3. The van der Waals surface area contributed by atoms with Gasteiger partial charge in [-0.2, -0.15) is 15.0 Å². The first kappa shape index (κ1) is 22.8. The molecule has 3 heterocycles. The second-order valence-corrected chi connectivity index (χ2v) is 8.80. The summed E-state index contributed by atoms with van der Waals surface area (Å²) in [6.07, 6.45) is 8.01. The monoisotopic (exact) mass is 472 g/mol. The number of benzene rings is 1. The molecule has 5 rings (SSSR count). The fourth-order valence-electron chi connectivity index (χ4n) is 4.43. The highest BCUT2D eigenvalue weighted by Gasteiger charge is 2.20. The molecule has 3 aromatic heterocycles. The van der Waals surface area contributed by atoms with E-state index in [0.29, 0.717) is 47.4 Å². The van der Waals surface area contributed by atoms with E-state index in [2.05, 4.69) is 45.9 Å². The van der Waals surface area contributed by atoms with Gasteiger partial charge in [0.2, 0.25) is 11.9 Å². The Labute approximate surface area is 202 Å². The molecule has 11 heteroatoms. The van der Waals surface area contributed by atoms with Gasteiger partial charge in [0.15, 0.2) is 5.65 Å². The zero-order chi connectivity index (χ0) is 24.0. The number of nitrogens with zero attached hydrogens (tertiary/aromatic N) is 6. The van der Waals surface area contributed by atoms with Gasteiger partial charge in [0.05, 0.1) is 29.4 Å². The molecule has 0 bridgehead atoms. The first-order valence-electron chi connectivity index (χ1n) is 11.9. The van der Waals surface area contributed by atoms with Crippen molar-refractivity contribution < 1.29 is 0 Å². The van der Waals surface area contributed by atoms with Crippen molar-refractivity contribution in [1.82, 2.24) is 30.1 Å². The van der Waals surface area contributed by atoms with Gasteiger partial charge >= 0.3 is 0 Å². The summed E-state index contributed by atoms with van der Waals surface area (Å²) in [5.41, 5.74) is 8.98. The van der Waals surface area contributed by atoms with Crippen molar-refractivity contribution in [2.45, 2.75) is 50.2 Å². The maximum atomic E-state index is 10.7. The summed E-state index contributed by atoms with van der Waals surface area (Å²) in [6.45, 7) is 0.193. The van der Waals surface area contributed by atoms with Crippen LogP contribution in [0.25, 0.3) is 22.4 Å². The number of nitrogens with two attached hydrogens (primary N) is 1. The summed E-state index contributed by atoms with van der Waals surface area (Å²) in [5, 5.41) is 17.9. The Bertz CT molecular complexity index is 1270. The molecular formula is C24H28N10O. The zero-order valence-corrected chi connectivity index (χ0v) is 19.3. The van der Waals surface area contributed by atoms with E-state index in [1.807, 2.05) is 30.3 Å². The summed E-state index contributed by atoms with van der Waals surface area (Å²) >= 11 is 0. The maximum absolute atomic E-state index is 10.7. The average Bonchev–Trinajstić information content (AvgIpc) is 3.32. The third kappa shape index (κ3) is 5.40. The van der Waals surface area contributed by atoms with Crippen LogP contribution in [0.5, 0.6) is 0 Å². The summed E-state index contributed by atoms with van der Waals surface area (Å²) in [6, 6.07) is 12.1. The van der Waals surface area contributed by atoms with Crippen LogP contribution in [-0.4, -0.2) is 48.8 Å². The number of aromatic nitrogens is 6. The Morgan fingerprint density at radius 3 is 2.69 bits per heavy atom. The van der Waals surface area contributed by atoms with Crippen molar-refractivity contribution in [1.29, 1.82) is 0 Å². The van der Waals surface area contributed by atoms with Crippen LogP contribution in [0.1, 0.15) is 43.7 Å². The number of hydrogen-bond acceptors (Lipinski definition) is 10. The lowest BCUT2D eigenvalue weighted by Gasteiger charge is -2.26. The quantitative estimate of drug-likeness (QED) is 0.266. The van der Waals surface area contributed by atoms with Gasteiger partial charge in [0, 0.05) is 24.5 Å². The Morgan fingerprint density at radius 2 is 1.89 bits per heavy atom. The van der Waals surface area contributed by atoms with Gasteiger partial charge in [-0.1, -0.05) is 35.5 Å². The predicted molar refractivity (Wildman–Crippen MR) is 135 cm³/mol. The molecule has 4 aromatic rings. The second kappa shape index (κ2) is 10.5. The number of anilines is 2. The average molecular weight is 473 g/mol. The number of fused-ring (bicyclic) bond motifs is 1. The SMILES string of the molecule is NC1CCC(Nc2ncc3c(-c4ccnc(NC(CCN=O)c5ccccc5)n4)[nH]nc3n2)CC1. The second-order valence-electron chi connectivity index (χ2n) is 8.80. The highest BCUT2D eigenvalue weighted by Crippen LogP contribution is 2.27. The molecule has 0 spiro atoms. The molecule has 5 N–H and O–H groups in total. The molecule has 35 heavy (non-hydrogen) atoms. The minimum atomic E-state index is -0.144. The molecule has 1 aliphatic carbocycles. The van der Waals surface area contributed by atoms with Crippen LogP contribution < -0.4 is 16.4 Å². The Kier molecular flexibility index (Phi) is 6.85. The molecule has 0 amide bonds. The smallest absolute Gasteiger partial charge is 0.224 e. The Balaban J connectivity index is 1.35. The number of H-pyrrole nitrogens is 1. The van der Waals surface area contributed by atoms with Crippen LogP contribution in [0.4, 0.5) is 11.9 Å². The Hall–Kier alpha value is -3.99. The van der Waals surface area contributed by atoms with E-state index in [9.17, 15) is 4.91 Å². The lowest BCUT2D eigenvalue weighted by molar-refractivity contribution is 0.410. The van der Waals surface area contributed by atoms with E-state index < -0.39 is 0 Å². The predicted octanol–water partition coefficient (Wildman–Crippen LogP) is 3.80. The van der Waals surface area contributed by atoms with Crippen LogP contribution in [0.2, 0.25) is 0 Å². The molecule has 1 atom stereocenters. The van der Waals surface area contributed by atoms with Gasteiger partial charge in [0.25, 0.3) is 0 Å². The number of hydrogen-bond donors (Lipinski definition) is 4. The minimum absolute atomic E-state index is 0.144. The topological polar surface area (TPSA) is 160 Å². The van der Waals surface area contributed by atoms with Crippen molar-refractivity contribution in [3.05, 3.63) is 59.3 Å². The summed E-state index contributed by atoms with van der Waals surface area (Å²) in [7, 11) is 0. The number of nitrogens with one attached hydrogen (secondary N) is 3. The summed E-state index contributed by atoms with van der Waals surface area (Å²) in [5.74, 6) is 1.01. The van der Waals surface area contributed by atoms with Crippen LogP contribution in [0.15, 0.2) is 54.0 Å². The van der Waals surface area contributed by atoms with Gasteiger partial charge < -0.3 is 16.4 Å². The molecule has 0 saturated heterocycles. The molecule has 11 nitrogen and oxygen atoms in total. The third-order valence-corrected chi connectivity index (χ3v) is 6.34. The molecule has 180 valence electrons. The normalized spacial score (nSPS) is 18.8. The van der Waals surface area contributed by atoms with E-state index in [1.54, 1.807) is 18.5 Å². The molecule has 1 fully saturated rings. The van der Waals surface area contributed by atoms with Gasteiger partial charge in [-0.05, 0) is 43.7 Å². The van der Waals surface area contributed by atoms with Gasteiger partial charge in [-0.3, -0.25) is 5.10 Å².